The number of hydrogen-bond acceptors (Lipinski definition) is 6. The van der Waals surface area contributed by atoms with Gasteiger partial charge in [0.2, 0.25) is 0 Å². The van der Waals surface area contributed by atoms with E-state index in [1.807, 2.05) is 23.1 Å². The first-order valence-electron chi connectivity index (χ1n) is 16.3. The minimum Gasteiger partial charge on any atom is -0.393 e. The van der Waals surface area contributed by atoms with Crippen LogP contribution >= 0.6 is 0 Å². The number of carbonyl (C=O) groups is 2. The van der Waals surface area contributed by atoms with Crippen molar-refractivity contribution >= 4 is 11.9 Å². The topological polar surface area (TPSA) is 93.4 Å². The number of benzene rings is 1. The second-order valence-corrected chi connectivity index (χ2v) is 13.7. The highest BCUT2D eigenvalue weighted by Gasteiger charge is 2.47. The first kappa shape index (κ1) is 31.8. The Morgan fingerprint density at radius 1 is 1.02 bits per heavy atom. The van der Waals surface area contributed by atoms with Gasteiger partial charge in [-0.1, -0.05) is 35.5 Å². The molecular weight excluding hydrogens is 587 g/mol. The number of likely N-dealkylation sites (tertiary alicyclic amines) is 2. The lowest BCUT2D eigenvalue weighted by Gasteiger charge is -2.50. The molecule has 1 N–H and O–H groups in total. The molecule has 3 saturated heterocycles. The van der Waals surface area contributed by atoms with Gasteiger partial charge in [-0.05, 0) is 76.7 Å². The molecule has 0 radical (unpaired) electrons. The number of urea groups is 1. The number of aliphatic hydroxyl groups excluding tert-OH is 1. The fourth-order valence-electron chi connectivity index (χ4n) is 7.98. The smallest absolute Gasteiger partial charge is 0.393 e. The summed E-state index contributed by atoms with van der Waals surface area (Å²) in [4.78, 5) is 35.2. The zero-order chi connectivity index (χ0) is 31.9. The number of aryl methyl sites for hydroxylation is 1. The van der Waals surface area contributed by atoms with E-state index in [9.17, 15) is 27.9 Å². The Bertz CT molecular complexity index is 1340. The minimum atomic E-state index is -4.78. The number of nitrogens with zero attached hydrogens (tertiary/aromatic N) is 5. The van der Waals surface area contributed by atoms with Crippen molar-refractivity contribution in [2.75, 3.05) is 39.3 Å². The molecule has 2 aromatic rings. The molecule has 1 saturated carbocycles. The molecule has 3 amide bonds. The molecule has 9 nitrogen and oxygen atoms in total. The molecule has 3 aliphatic heterocycles. The van der Waals surface area contributed by atoms with Gasteiger partial charge in [0.15, 0.2) is 0 Å². The van der Waals surface area contributed by atoms with Crippen LogP contribution in [0, 0.1) is 12.8 Å². The van der Waals surface area contributed by atoms with Crippen molar-refractivity contribution in [1.29, 1.82) is 0 Å². The predicted octanol–water partition coefficient (Wildman–Crippen LogP) is 5.49. The summed E-state index contributed by atoms with van der Waals surface area (Å²) >= 11 is 0. The summed E-state index contributed by atoms with van der Waals surface area (Å²) in [5, 5.41) is 13.4. The predicted molar refractivity (Wildman–Crippen MR) is 160 cm³/mol. The zero-order valence-corrected chi connectivity index (χ0v) is 26.1. The van der Waals surface area contributed by atoms with E-state index in [0.29, 0.717) is 38.4 Å². The summed E-state index contributed by atoms with van der Waals surface area (Å²) in [6, 6.07) is 10.5. The highest BCUT2D eigenvalue weighted by molar-refractivity contribution is 5.96. The Morgan fingerprint density at radius 2 is 1.67 bits per heavy atom. The monoisotopic (exact) mass is 631 g/mol. The van der Waals surface area contributed by atoms with Crippen molar-refractivity contribution in [2.45, 2.75) is 95.1 Å². The third kappa shape index (κ3) is 6.45. The second kappa shape index (κ2) is 12.6. The summed E-state index contributed by atoms with van der Waals surface area (Å²) < 4.78 is 44.8. The molecule has 4 fully saturated rings. The number of rotatable bonds is 6. The first-order chi connectivity index (χ1) is 21.4. The molecule has 4 aliphatic rings. The third-order valence-corrected chi connectivity index (χ3v) is 10.8. The number of aliphatic hydroxyl groups is 1. The molecule has 1 unspecified atom stereocenters. The summed E-state index contributed by atoms with van der Waals surface area (Å²) in [6.07, 6.45) is 1.47. The van der Waals surface area contributed by atoms with Crippen LogP contribution in [0.1, 0.15) is 91.7 Å². The Labute approximate surface area is 262 Å². The molecule has 1 atom stereocenters. The molecule has 1 aromatic heterocycles. The largest absolute Gasteiger partial charge is 0.453 e. The summed E-state index contributed by atoms with van der Waals surface area (Å²) in [6.45, 7) is 7.27. The van der Waals surface area contributed by atoms with E-state index in [-0.39, 0.29) is 35.5 Å². The fraction of sp³-hybridized carbons (Fsp3) is 0.667. The van der Waals surface area contributed by atoms with E-state index < -0.39 is 23.4 Å². The number of aromatic nitrogens is 1. The van der Waals surface area contributed by atoms with Crippen molar-refractivity contribution in [3.05, 3.63) is 52.9 Å². The van der Waals surface area contributed by atoms with Crippen LogP contribution in [0.15, 0.2) is 34.9 Å². The van der Waals surface area contributed by atoms with Gasteiger partial charge in [-0.25, -0.2) is 4.79 Å². The highest BCUT2D eigenvalue weighted by Crippen LogP contribution is 2.39. The Hall–Kier alpha value is -3.12. The van der Waals surface area contributed by atoms with Crippen LogP contribution in [0.4, 0.5) is 18.0 Å². The van der Waals surface area contributed by atoms with Crippen molar-refractivity contribution in [1.82, 2.24) is 24.8 Å². The summed E-state index contributed by atoms with van der Waals surface area (Å²) in [7, 11) is 0. The van der Waals surface area contributed by atoms with Gasteiger partial charge in [-0.15, -0.1) is 0 Å². The molecular formula is C33H44F3N5O4. The summed E-state index contributed by atoms with van der Waals surface area (Å²) in [5.41, 5.74) is 0.411. The van der Waals surface area contributed by atoms with Crippen LogP contribution in [-0.4, -0.2) is 98.8 Å². The van der Waals surface area contributed by atoms with Crippen molar-refractivity contribution < 1.29 is 32.4 Å². The van der Waals surface area contributed by atoms with Crippen molar-refractivity contribution in [2.24, 2.45) is 5.92 Å². The molecule has 1 aromatic carbocycles. The molecule has 45 heavy (non-hydrogen) atoms. The third-order valence-electron chi connectivity index (χ3n) is 10.8. The minimum absolute atomic E-state index is 0.00303. The maximum absolute atomic E-state index is 13.9. The van der Waals surface area contributed by atoms with Gasteiger partial charge in [-0.2, -0.15) is 13.2 Å². The lowest BCUT2D eigenvalue weighted by Crippen LogP contribution is -2.58. The first-order valence-corrected chi connectivity index (χ1v) is 16.3. The Morgan fingerprint density at radius 3 is 2.29 bits per heavy atom. The van der Waals surface area contributed by atoms with Gasteiger partial charge >= 0.3 is 12.2 Å². The van der Waals surface area contributed by atoms with E-state index in [0.717, 1.165) is 63.7 Å². The van der Waals surface area contributed by atoms with Gasteiger partial charge in [-0.3, -0.25) is 9.69 Å². The average Bonchev–Trinajstić information content (AvgIpc) is 3.58. The molecule has 12 heteroatoms. The quantitative estimate of drug-likeness (QED) is 0.454. The Balaban J connectivity index is 1.09. The number of piperidine rings is 2. The van der Waals surface area contributed by atoms with Crippen molar-refractivity contribution in [3.63, 3.8) is 0 Å². The van der Waals surface area contributed by atoms with E-state index in [2.05, 4.69) is 38.5 Å². The van der Waals surface area contributed by atoms with Crippen LogP contribution < -0.4 is 0 Å². The lowest BCUT2D eigenvalue weighted by atomic mass is 9.85. The maximum Gasteiger partial charge on any atom is 0.453 e. The standard InChI is InChI=1S/C33H44F3N5O4/c1-22-28(29(45-37-22)33(34,35)36)30(43)38-18-14-32(2,15-19-38)40-16-12-25(13-17-40)41-27(24-6-4-3-5-7-24)21-39(31(41)44)20-23-8-10-26(42)11-9-23/h3-7,23,25-27,42H,8-21H2,1-2H3. The fourth-order valence-corrected chi connectivity index (χ4v) is 7.98. The van der Waals surface area contributed by atoms with Crippen LogP contribution in [0.25, 0.3) is 0 Å². The van der Waals surface area contributed by atoms with Gasteiger partial charge in [0.05, 0.1) is 17.8 Å². The van der Waals surface area contributed by atoms with Gasteiger partial charge in [0.1, 0.15) is 5.56 Å². The van der Waals surface area contributed by atoms with Gasteiger partial charge in [0, 0.05) is 50.8 Å². The molecule has 6 rings (SSSR count). The normalized spacial score (nSPS) is 26.9. The molecule has 0 bridgehead atoms. The van der Waals surface area contributed by atoms with Crippen LogP contribution in [0.2, 0.25) is 0 Å². The highest BCUT2D eigenvalue weighted by atomic mass is 19.4. The van der Waals surface area contributed by atoms with Gasteiger partial charge < -0.3 is 24.3 Å². The molecule has 246 valence electrons. The van der Waals surface area contributed by atoms with Crippen molar-refractivity contribution in [3.8, 4) is 0 Å². The van der Waals surface area contributed by atoms with Gasteiger partial charge in [0.25, 0.3) is 11.7 Å². The van der Waals surface area contributed by atoms with E-state index in [4.69, 9.17) is 0 Å². The Kier molecular flexibility index (Phi) is 8.91. The molecule has 1 aliphatic carbocycles. The van der Waals surface area contributed by atoms with E-state index >= 15 is 0 Å². The van der Waals surface area contributed by atoms with Crippen LogP contribution in [0.3, 0.4) is 0 Å². The number of halogens is 3. The zero-order valence-electron chi connectivity index (χ0n) is 26.1. The maximum atomic E-state index is 13.9. The number of carbonyl (C=O) groups excluding carboxylic acids is 2. The average molecular weight is 632 g/mol. The number of amides is 3. The molecule has 4 heterocycles. The van der Waals surface area contributed by atoms with E-state index in [1.165, 1.54) is 11.8 Å². The van der Waals surface area contributed by atoms with E-state index in [1.54, 1.807) is 0 Å². The van der Waals surface area contributed by atoms with Crippen LogP contribution in [-0.2, 0) is 6.18 Å². The summed E-state index contributed by atoms with van der Waals surface area (Å²) in [5.74, 6) is -1.60. The SMILES string of the molecule is Cc1noc(C(F)(F)F)c1C(=O)N1CCC(C)(N2CCC(N3C(=O)N(CC4CCC(O)CC4)CC3c3ccccc3)CC2)CC1. The van der Waals surface area contributed by atoms with Crippen LogP contribution in [0.5, 0.6) is 0 Å². The molecule has 0 spiro atoms. The number of alkyl halides is 3. The number of hydrogen-bond donors (Lipinski definition) is 1. The second-order valence-electron chi connectivity index (χ2n) is 13.7. The lowest BCUT2D eigenvalue weighted by molar-refractivity contribution is -0.156.